The van der Waals surface area contributed by atoms with Gasteiger partial charge in [0.2, 0.25) is 0 Å². The minimum atomic E-state index is -0.581. The van der Waals surface area contributed by atoms with E-state index in [1.165, 1.54) is 36.6 Å². The molecule has 0 bridgehead atoms. The topological polar surface area (TPSA) is 75.0 Å². The monoisotopic (exact) mass is 277 g/mol. The molecule has 0 saturated heterocycles. The maximum absolute atomic E-state index is 13.1. The Morgan fingerprint density at radius 1 is 1.58 bits per heavy atom. The van der Waals surface area contributed by atoms with Gasteiger partial charge in [-0.1, -0.05) is 0 Å². The zero-order chi connectivity index (χ0) is 13.8. The lowest BCUT2D eigenvalue weighted by atomic mass is 10.2. The van der Waals surface area contributed by atoms with Gasteiger partial charge < -0.3 is 10.1 Å². The average molecular weight is 277 g/mol. The Hall–Kier alpha value is -2.46. The summed E-state index contributed by atoms with van der Waals surface area (Å²) in [6, 6.07) is 5.79. The van der Waals surface area contributed by atoms with E-state index in [-0.39, 0.29) is 11.3 Å². The van der Waals surface area contributed by atoms with Crippen molar-refractivity contribution in [2.24, 2.45) is 0 Å². The molecular formula is C12H8FN3O2S. The molecule has 2 aromatic rings. The van der Waals surface area contributed by atoms with Crippen molar-refractivity contribution in [1.82, 2.24) is 4.98 Å². The number of anilines is 2. The first kappa shape index (κ1) is 13.0. The number of thiazole rings is 1. The first-order chi connectivity index (χ1) is 9.13. The predicted molar refractivity (Wildman–Crippen MR) is 67.9 cm³/mol. The van der Waals surface area contributed by atoms with E-state index in [1.807, 2.05) is 0 Å². The number of nitrogens with zero attached hydrogens (tertiary/aromatic N) is 2. The fraction of sp³-hybridized carbons (Fsp3) is 0.0833. The summed E-state index contributed by atoms with van der Waals surface area (Å²) in [6.07, 6.45) is 0. The Morgan fingerprint density at radius 2 is 2.37 bits per heavy atom. The van der Waals surface area contributed by atoms with E-state index in [0.717, 1.165) is 0 Å². The number of ether oxygens (including phenoxy) is 1. The quantitative estimate of drug-likeness (QED) is 0.873. The number of esters is 1. The van der Waals surface area contributed by atoms with Gasteiger partial charge in [0.25, 0.3) is 0 Å². The summed E-state index contributed by atoms with van der Waals surface area (Å²) in [5, 5.41) is 13.6. The number of rotatable bonds is 3. The molecule has 2 rings (SSSR count). The van der Waals surface area contributed by atoms with E-state index in [1.54, 1.807) is 11.4 Å². The number of nitrogens with one attached hydrogen (secondary N) is 1. The number of hydrogen-bond donors (Lipinski definition) is 1. The van der Waals surface area contributed by atoms with Crippen molar-refractivity contribution in [2.75, 3.05) is 12.4 Å². The lowest BCUT2D eigenvalue weighted by Gasteiger charge is -2.03. The maximum Gasteiger partial charge on any atom is 0.357 e. The van der Waals surface area contributed by atoms with Crippen molar-refractivity contribution in [1.29, 1.82) is 5.26 Å². The SMILES string of the molecule is COC(=O)c1csc(Nc2ccc(F)c(C#N)c2)n1. The number of nitriles is 1. The Labute approximate surface area is 112 Å². The maximum atomic E-state index is 13.1. The third-order valence-electron chi connectivity index (χ3n) is 2.24. The van der Waals surface area contributed by atoms with E-state index < -0.39 is 11.8 Å². The molecule has 0 spiro atoms. The summed E-state index contributed by atoms with van der Waals surface area (Å²) in [6.45, 7) is 0. The highest BCUT2D eigenvalue weighted by atomic mass is 32.1. The van der Waals surface area contributed by atoms with Crippen molar-refractivity contribution < 1.29 is 13.9 Å². The number of hydrogen-bond acceptors (Lipinski definition) is 6. The van der Waals surface area contributed by atoms with Gasteiger partial charge in [0.1, 0.15) is 11.9 Å². The molecule has 0 radical (unpaired) electrons. The summed E-state index contributed by atoms with van der Waals surface area (Å²) >= 11 is 1.21. The lowest BCUT2D eigenvalue weighted by Crippen LogP contribution is -2.01. The minimum absolute atomic E-state index is 0.0604. The zero-order valence-corrected chi connectivity index (χ0v) is 10.6. The summed E-state index contributed by atoms with van der Waals surface area (Å²) in [4.78, 5) is 15.2. The van der Waals surface area contributed by atoms with Crippen molar-refractivity contribution in [3.8, 4) is 6.07 Å². The van der Waals surface area contributed by atoms with E-state index in [9.17, 15) is 9.18 Å². The van der Waals surface area contributed by atoms with Crippen molar-refractivity contribution in [2.45, 2.75) is 0 Å². The van der Waals surface area contributed by atoms with Gasteiger partial charge in [-0.25, -0.2) is 14.2 Å². The molecule has 96 valence electrons. The van der Waals surface area contributed by atoms with Gasteiger partial charge in [-0.15, -0.1) is 11.3 Å². The lowest BCUT2D eigenvalue weighted by molar-refractivity contribution is 0.0595. The fourth-order valence-corrected chi connectivity index (χ4v) is 2.04. The Balaban J connectivity index is 2.20. The van der Waals surface area contributed by atoms with Crippen LogP contribution in [0.15, 0.2) is 23.6 Å². The number of methoxy groups -OCH3 is 1. The Kier molecular flexibility index (Phi) is 3.73. The average Bonchev–Trinajstić information content (AvgIpc) is 2.88. The van der Waals surface area contributed by atoms with Gasteiger partial charge in [0.05, 0.1) is 12.7 Å². The number of carbonyl (C=O) groups excluding carboxylic acids is 1. The van der Waals surface area contributed by atoms with E-state index in [2.05, 4.69) is 15.0 Å². The molecule has 1 aromatic carbocycles. The van der Waals surface area contributed by atoms with Crippen LogP contribution in [0.3, 0.4) is 0 Å². The van der Waals surface area contributed by atoms with Crippen molar-refractivity contribution in [3.63, 3.8) is 0 Å². The fourth-order valence-electron chi connectivity index (χ4n) is 1.34. The van der Waals surface area contributed by atoms with Gasteiger partial charge in [-0.3, -0.25) is 0 Å². The normalized spacial score (nSPS) is 9.74. The second kappa shape index (κ2) is 5.46. The molecule has 1 N–H and O–H groups in total. The van der Waals surface area contributed by atoms with E-state index >= 15 is 0 Å². The third-order valence-corrected chi connectivity index (χ3v) is 2.99. The van der Waals surface area contributed by atoms with Gasteiger partial charge >= 0.3 is 5.97 Å². The Morgan fingerprint density at radius 3 is 3.05 bits per heavy atom. The molecule has 0 fully saturated rings. The molecule has 0 atom stereocenters. The van der Waals surface area contributed by atoms with Crippen molar-refractivity contribution in [3.05, 3.63) is 40.7 Å². The van der Waals surface area contributed by atoms with Crippen LogP contribution in [-0.2, 0) is 4.74 Å². The molecule has 0 aliphatic carbocycles. The summed E-state index contributed by atoms with van der Waals surface area (Å²) in [7, 11) is 1.27. The standard InChI is InChI=1S/C12H8FN3O2S/c1-18-11(17)10-6-19-12(16-10)15-8-2-3-9(13)7(4-8)5-14/h2-4,6H,1H3,(H,15,16). The second-order valence-corrected chi connectivity index (χ2v) is 4.32. The van der Waals surface area contributed by atoms with Crippen LogP contribution in [0.2, 0.25) is 0 Å². The number of halogens is 1. The summed E-state index contributed by atoms with van der Waals surface area (Å²) < 4.78 is 17.7. The van der Waals surface area contributed by atoms with Crippen LogP contribution in [0.25, 0.3) is 0 Å². The first-order valence-electron chi connectivity index (χ1n) is 5.14. The molecule has 19 heavy (non-hydrogen) atoms. The minimum Gasteiger partial charge on any atom is -0.464 e. The molecule has 1 aromatic heterocycles. The van der Waals surface area contributed by atoms with E-state index in [4.69, 9.17) is 5.26 Å². The largest absolute Gasteiger partial charge is 0.464 e. The van der Waals surface area contributed by atoms with Crippen LogP contribution < -0.4 is 5.32 Å². The number of aromatic nitrogens is 1. The van der Waals surface area contributed by atoms with Crippen LogP contribution in [0.4, 0.5) is 15.2 Å². The molecule has 7 heteroatoms. The third kappa shape index (κ3) is 2.86. The molecule has 0 aliphatic rings. The predicted octanol–water partition coefficient (Wildman–Crippen LogP) is 2.68. The summed E-state index contributed by atoms with van der Waals surface area (Å²) in [5.74, 6) is -1.11. The molecule has 1 heterocycles. The highest BCUT2D eigenvalue weighted by Gasteiger charge is 2.11. The zero-order valence-electron chi connectivity index (χ0n) is 9.81. The second-order valence-electron chi connectivity index (χ2n) is 3.46. The van der Waals surface area contributed by atoms with Gasteiger partial charge in [0.15, 0.2) is 10.8 Å². The van der Waals surface area contributed by atoms with Gasteiger partial charge in [-0.05, 0) is 18.2 Å². The van der Waals surface area contributed by atoms with Crippen LogP contribution in [0, 0.1) is 17.1 Å². The highest BCUT2D eigenvalue weighted by molar-refractivity contribution is 7.14. The smallest absolute Gasteiger partial charge is 0.357 e. The molecule has 0 aliphatic heterocycles. The van der Waals surface area contributed by atoms with Crippen LogP contribution >= 0.6 is 11.3 Å². The highest BCUT2D eigenvalue weighted by Crippen LogP contribution is 2.22. The van der Waals surface area contributed by atoms with Crippen LogP contribution in [0.1, 0.15) is 16.1 Å². The van der Waals surface area contributed by atoms with Gasteiger partial charge in [0, 0.05) is 11.1 Å². The van der Waals surface area contributed by atoms with Gasteiger partial charge in [-0.2, -0.15) is 5.26 Å². The van der Waals surface area contributed by atoms with E-state index in [0.29, 0.717) is 10.8 Å². The molecule has 0 unspecified atom stereocenters. The van der Waals surface area contributed by atoms with Crippen LogP contribution in [0.5, 0.6) is 0 Å². The Bertz CT molecular complexity index is 663. The molecule has 5 nitrogen and oxygen atoms in total. The van der Waals surface area contributed by atoms with Crippen molar-refractivity contribution >= 4 is 28.1 Å². The first-order valence-corrected chi connectivity index (χ1v) is 6.02. The summed E-state index contributed by atoms with van der Waals surface area (Å²) in [5.41, 5.74) is 0.649. The number of carbonyl (C=O) groups is 1. The molecule has 0 amide bonds. The molecular weight excluding hydrogens is 269 g/mol. The molecule has 0 saturated carbocycles. The van der Waals surface area contributed by atoms with Crippen LogP contribution in [-0.4, -0.2) is 18.1 Å². The number of benzene rings is 1.